The first kappa shape index (κ1) is 14.7. The van der Waals surface area contributed by atoms with E-state index in [9.17, 15) is 4.79 Å². The fraction of sp³-hybridized carbons (Fsp3) is 0.750. The molecule has 0 saturated carbocycles. The van der Waals surface area contributed by atoms with E-state index >= 15 is 0 Å². The predicted molar refractivity (Wildman–Crippen MR) is 82.6 cm³/mol. The summed E-state index contributed by atoms with van der Waals surface area (Å²) in [6.45, 7) is 8.55. The van der Waals surface area contributed by atoms with E-state index in [4.69, 9.17) is 4.74 Å². The summed E-state index contributed by atoms with van der Waals surface area (Å²) >= 11 is 0. The molecule has 0 aromatic rings. The Labute approximate surface area is 126 Å². The number of hydrogen-bond donors (Lipinski definition) is 1. The second-order valence-electron chi connectivity index (χ2n) is 6.38. The molecule has 4 heterocycles. The lowest BCUT2D eigenvalue weighted by molar-refractivity contribution is -0.124. The lowest BCUT2D eigenvalue weighted by atomic mass is 9.84. The van der Waals surface area contributed by atoms with Gasteiger partial charge in [0.2, 0.25) is 5.91 Å². The number of fused-ring (bicyclic) bond motifs is 3. The molecule has 4 aliphatic rings. The highest BCUT2D eigenvalue weighted by Gasteiger charge is 2.35. The van der Waals surface area contributed by atoms with Gasteiger partial charge in [0.1, 0.15) is 6.04 Å². The van der Waals surface area contributed by atoms with Crippen molar-refractivity contribution in [1.29, 1.82) is 0 Å². The summed E-state index contributed by atoms with van der Waals surface area (Å²) in [4.78, 5) is 19.4. The monoisotopic (exact) mass is 291 g/mol. The zero-order valence-corrected chi connectivity index (χ0v) is 12.6. The van der Waals surface area contributed by atoms with Crippen LogP contribution in [-0.2, 0) is 9.53 Å². The van der Waals surface area contributed by atoms with Crippen molar-refractivity contribution in [2.24, 2.45) is 10.9 Å². The van der Waals surface area contributed by atoms with Gasteiger partial charge in [0.25, 0.3) is 0 Å². The van der Waals surface area contributed by atoms with E-state index < -0.39 is 0 Å². The molecule has 3 saturated heterocycles. The number of carbonyl (C=O) groups is 1. The molecule has 1 amide bonds. The van der Waals surface area contributed by atoms with Crippen LogP contribution in [0.1, 0.15) is 25.7 Å². The van der Waals surface area contributed by atoms with Gasteiger partial charge in [-0.3, -0.25) is 9.79 Å². The van der Waals surface area contributed by atoms with Gasteiger partial charge in [-0.05, 0) is 44.7 Å². The Kier molecular flexibility index (Phi) is 4.70. The normalized spacial score (nSPS) is 36.7. The number of rotatable bonds is 2. The highest BCUT2D eigenvalue weighted by Crippen LogP contribution is 2.27. The first-order valence-electron chi connectivity index (χ1n) is 8.01. The molecule has 4 aliphatic heterocycles. The van der Waals surface area contributed by atoms with Crippen LogP contribution in [0.5, 0.6) is 0 Å². The molecule has 1 unspecified atom stereocenters. The third kappa shape index (κ3) is 3.71. The van der Waals surface area contributed by atoms with E-state index in [0.717, 1.165) is 18.5 Å². The molecule has 0 aliphatic carbocycles. The average Bonchev–Trinajstić information content (AvgIpc) is 2.60. The van der Waals surface area contributed by atoms with Crippen LogP contribution in [0.3, 0.4) is 0 Å². The molecule has 116 valence electrons. The third-order valence-corrected chi connectivity index (χ3v) is 4.85. The van der Waals surface area contributed by atoms with Gasteiger partial charge < -0.3 is 15.0 Å². The second kappa shape index (κ2) is 6.71. The molecular weight excluding hydrogens is 266 g/mol. The topological polar surface area (TPSA) is 53.9 Å². The largest absolute Gasteiger partial charge is 0.375 e. The summed E-state index contributed by atoms with van der Waals surface area (Å²) in [7, 11) is 0. The van der Waals surface area contributed by atoms with E-state index in [-0.39, 0.29) is 11.9 Å². The number of aliphatic imine (C=N–C) groups is 1. The predicted octanol–water partition coefficient (Wildman–Crippen LogP) is 1.00. The molecule has 0 aromatic carbocycles. The van der Waals surface area contributed by atoms with Crippen molar-refractivity contribution in [2.45, 2.75) is 37.8 Å². The molecule has 0 radical (unpaired) electrons. The number of amides is 1. The summed E-state index contributed by atoms with van der Waals surface area (Å²) in [6, 6.07) is -0.0398. The van der Waals surface area contributed by atoms with Crippen molar-refractivity contribution in [3.05, 3.63) is 12.2 Å². The van der Waals surface area contributed by atoms with Crippen LogP contribution in [0.2, 0.25) is 0 Å². The summed E-state index contributed by atoms with van der Waals surface area (Å²) < 4.78 is 5.39. The molecule has 21 heavy (non-hydrogen) atoms. The second-order valence-corrected chi connectivity index (χ2v) is 6.38. The molecule has 2 atom stereocenters. The standard InChI is InChI=1S/C16H25N3O2/c1-12-4-8-21-9-5-17-14(10-12)16(20)18-15-11-19-6-2-13(15)3-7-19/h5,13-15H,1-4,6-11H2,(H,18,20)/t14-,15?/m0/s1. The van der Waals surface area contributed by atoms with Crippen molar-refractivity contribution < 1.29 is 9.53 Å². The van der Waals surface area contributed by atoms with Gasteiger partial charge in [-0.2, -0.15) is 0 Å². The minimum absolute atomic E-state index is 0.0491. The third-order valence-electron chi connectivity index (χ3n) is 4.85. The molecule has 4 rings (SSSR count). The first-order chi connectivity index (χ1) is 10.2. The van der Waals surface area contributed by atoms with Gasteiger partial charge in [0.15, 0.2) is 0 Å². The van der Waals surface area contributed by atoms with E-state index in [1.165, 1.54) is 25.9 Å². The zero-order valence-electron chi connectivity index (χ0n) is 12.6. The van der Waals surface area contributed by atoms with Crippen LogP contribution in [0.4, 0.5) is 0 Å². The number of nitrogens with zero attached hydrogens (tertiary/aromatic N) is 2. The summed E-state index contributed by atoms with van der Waals surface area (Å²) in [5, 5.41) is 3.23. The summed E-state index contributed by atoms with van der Waals surface area (Å²) in [6.07, 6.45) is 5.58. The fourth-order valence-corrected chi connectivity index (χ4v) is 3.52. The van der Waals surface area contributed by atoms with E-state index in [2.05, 4.69) is 21.8 Å². The minimum Gasteiger partial charge on any atom is -0.375 e. The van der Waals surface area contributed by atoms with Crippen LogP contribution in [0.25, 0.3) is 0 Å². The SMILES string of the molecule is C=C1CCOCC=N[C@H](C(=O)NC2CN3CCC2CC3)C1. The van der Waals surface area contributed by atoms with Crippen molar-refractivity contribution in [2.75, 3.05) is 32.8 Å². The van der Waals surface area contributed by atoms with Gasteiger partial charge in [-0.1, -0.05) is 12.2 Å². The van der Waals surface area contributed by atoms with Gasteiger partial charge in [0, 0.05) is 18.8 Å². The number of ether oxygens (including phenoxy) is 1. The lowest BCUT2D eigenvalue weighted by Crippen LogP contribution is -2.58. The zero-order chi connectivity index (χ0) is 14.7. The lowest BCUT2D eigenvalue weighted by Gasteiger charge is -2.45. The van der Waals surface area contributed by atoms with Crippen molar-refractivity contribution in [3.63, 3.8) is 0 Å². The Morgan fingerprint density at radius 3 is 2.95 bits per heavy atom. The average molecular weight is 291 g/mol. The summed E-state index contributed by atoms with van der Waals surface area (Å²) in [5.74, 6) is 0.693. The number of nitrogens with one attached hydrogen (secondary N) is 1. The van der Waals surface area contributed by atoms with Crippen LogP contribution >= 0.6 is 0 Å². The Balaban J connectivity index is 1.60. The molecule has 5 nitrogen and oxygen atoms in total. The summed E-state index contributed by atoms with van der Waals surface area (Å²) in [5.41, 5.74) is 1.04. The van der Waals surface area contributed by atoms with Crippen molar-refractivity contribution >= 4 is 12.1 Å². The van der Waals surface area contributed by atoms with Gasteiger partial charge in [0.05, 0.1) is 13.2 Å². The fourth-order valence-electron chi connectivity index (χ4n) is 3.52. The Bertz CT molecular complexity index is 427. The number of hydrogen-bond acceptors (Lipinski definition) is 4. The number of carbonyl (C=O) groups excluding carboxylic acids is 1. The van der Waals surface area contributed by atoms with Gasteiger partial charge in [-0.15, -0.1) is 0 Å². The molecule has 0 aromatic heterocycles. The maximum Gasteiger partial charge on any atom is 0.245 e. The first-order valence-corrected chi connectivity index (χ1v) is 8.01. The highest BCUT2D eigenvalue weighted by molar-refractivity contribution is 5.84. The maximum atomic E-state index is 12.5. The van der Waals surface area contributed by atoms with Gasteiger partial charge >= 0.3 is 0 Å². The molecule has 3 fully saturated rings. The molecule has 5 heteroatoms. The highest BCUT2D eigenvalue weighted by atomic mass is 16.5. The quantitative estimate of drug-likeness (QED) is 0.772. The Morgan fingerprint density at radius 2 is 2.24 bits per heavy atom. The van der Waals surface area contributed by atoms with Crippen molar-refractivity contribution in [3.8, 4) is 0 Å². The minimum atomic E-state index is -0.338. The van der Waals surface area contributed by atoms with E-state index in [1.54, 1.807) is 6.21 Å². The molecule has 2 bridgehead atoms. The van der Waals surface area contributed by atoms with E-state index in [0.29, 0.717) is 31.6 Å². The van der Waals surface area contributed by atoms with Crippen LogP contribution in [-0.4, -0.2) is 62.0 Å². The van der Waals surface area contributed by atoms with E-state index in [1.807, 2.05) is 0 Å². The Hall–Kier alpha value is -1.20. The van der Waals surface area contributed by atoms with Crippen LogP contribution in [0.15, 0.2) is 17.1 Å². The molecule has 1 N–H and O–H groups in total. The number of piperidine rings is 3. The smallest absolute Gasteiger partial charge is 0.245 e. The van der Waals surface area contributed by atoms with Gasteiger partial charge in [-0.25, -0.2) is 0 Å². The molecular formula is C16H25N3O2. The van der Waals surface area contributed by atoms with Crippen LogP contribution < -0.4 is 5.32 Å². The molecule has 0 spiro atoms. The van der Waals surface area contributed by atoms with Crippen molar-refractivity contribution in [1.82, 2.24) is 10.2 Å². The Morgan fingerprint density at radius 1 is 1.43 bits per heavy atom. The van der Waals surface area contributed by atoms with Crippen LogP contribution in [0, 0.1) is 5.92 Å². The maximum absolute atomic E-state index is 12.5.